The maximum atomic E-state index is 13.5. The van der Waals surface area contributed by atoms with E-state index >= 15 is 0 Å². The van der Waals surface area contributed by atoms with Gasteiger partial charge in [-0.15, -0.1) is 0 Å². The zero-order valence-corrected chi connectivity index (χ0v) is 17.2. The molecule has 3 aromatic rings. The number of allylic oxidation sites excluding steroid dienone is 1. The zero-order chi connectivity index (χ0) is 22.0. The van der Waals surface area contributed by atoms with Crippen molar-refractivity contribution >= 4 is 28.9 Å². The van der Waals surface area contributed by atoms with Crippen molar-refractivity contribution in [3.63, 3.8) is 0 Å². The van der Waals surface area contributed by atoms with Gasteiger partial charge < -0.3 is 4.55 Å². The number of halogens is 2. The summed E-state index contributed by atoms with van der Waals surface area (Å²) in [7, 11) is 1.61. The van der Waals surface area contributed by atoms with E-state index in [0.717, 1.165) is 17.7 Å². The van der Waals surface area contributed by atoms with Gasteiger partial charge in [-0.25, -0.2) is 8.78 Å². The third kappa shape index (κ3) is 4.36. The maximum Gasteiger partial charge on any atom is 0.245 e. The number of benzene rings is 2. The number of hydrogen-bond acceptors (Lipinski definition) is 4. The fourth-order valence-corrected chi connectivity index (χ4v) is 4.28. The Morgan fingerprint density at radius 3 is 2.74 bits per heavy atom. The summed E-state index contributed by atoms with van der Waals surface area (Å²) in [5.74, 6) is 3.62. The zero-order valence-electron chi connectivity index (χ0n) is 16.4. The van der Waals surface area contributed by atoms with Gasteiger partial charge in [-0.1, -0.05) is 24.0 Å². The highest BCUT2D eigenvalue weighted by Gasteiger charge is 2.38. The SMILES string of the molecule is CN1c2ccc(C#CCc3cccnc3)cc2C(=O)/C(=C/c2ccc(F)c(F)c2)[S+]1[O-]. The summed E-state index contributed by atoms with van der Waals surface area (Å²) in [6.07, 6.45) is 5.27. The summed E-state index contributed by atoms with van der Waals surface area (Å²) in [6.45, 7) is 0. The third-order valence-electron chi connectivity index (χ3n) is 4.73. The Balaban J connectivity index is 1.66. The predicted molar refractivity (Wildman–Crippen MR) is 116 cm³/mol. The lowest BCUT2D eigenvalue weighted by Crippen LogP contribution is -2.36. The van der Waals surface area contributed by atoms with Crippen LogP contribution in [-0.2, 0) is 17.8 Å². The molecule has 0 N–H and O–H groups in total. The van der Waals surface area contributed by atoms with Gasteiger partial charge in [0.15, 0.2) is 11.6 Å². The molecule has 0 fully saturated rings. The van der Waals surface area contributed by atoms with E-state index in [4.69, 9.17) is 0 Å². The minimum absolute atomic E-state index is 0.0125. The Morgan fingerprint density at radius 2 is 2.00 bits per heavy atom. The van der Waals surface area contributed by atoms with Crippen molar-refractivity contribution in [1.82, 2.24) is 4.98 Å². The standard InChI is InChI=1S/C24H16F2N2O2S/c1-28-22-10-8-16(4-2-5-17-6-3-11-27-15-17)12-19(22)24(29)23(31(28)30)14-18-7-9-20(25)21(26)13-18/h3,6-15H,5H2,1H3/b23-14-. The number of anilines is 1. The van der Waals surface area contributed by atoms with Crippen LogP contribution in [0.25, 0.3) is 6.08 Å². The second kappa shape index (κ2) is 8.72. The molecule has 2 aromatic carbocycles. The van der Waals surface area contributed by atoms with E-state index in [0.29, 0.717) is 23.2 Å². The van der Waals surface area contributed by atoms with Crippen molar-refractivity contribution < 1.29 is 18.1 Å². The number of pyridine rings is 1. The molecular weight excluding hydrogens is 418 g/mol. The Kier molecular flexibility index (Phi) is 5.85. The van der Waals surface area contributed by atoms with E-state index in [1.165, 1.54) is 16.4 Å². The molecule has 31 heavy (non-hydrogen) atoms. The summed E-state index contributed by atoms with van der Waals surface area (Å²) in [4.78, 5) is 17.1. The molecular formula is C24H16F2N2O2S. The van der Waals surface area contributed by atoms with Crippen molar-refractivity contribution in [3.8, 4) is 11.8 Å². The molecule has 1 aromatic heterocycles. The molecule has 1 unspecified atom stereocenters. The Bertz CT molecular complexity index is 1250. The first-order valence-electron chi connectivity index (χ1n) is 9.33. The smallest absolute Gasteiger partial charge is 0.245 e. The molecule has 1 aliphatic heterocycles. The number of ketones is 1. The topological polar surface area (TPSA) is 56.3 Å². The summed E-state index contributed by atoms with van der Waals surface area (Å²) < 4.78 is 41.0. The van der Waals surface area contributed by atoms with Gasteiger partial charge in [0.2, 0.25) is 10.7 Å². The maximum absolute atomic E-state index is 13.5. The molecule has 4 rings (SSSR count). The van der Waals surface area contributed by atoms with Crippen LogP contribution in [0.1, 0.15) is 27.0 Å². The van der Waals surface area contributed by atoms with Crippen LogP contribution < -0.4 is 4.31 Å². The number of rotatable bonds is 2. The molecule has 154 valence electrons. The number of carbonyl (C=O) groups excluding carboxylic acids is 1. The van der Waals surface area contributed by atoms with Gasteiger partial charge in [-0.05, 0) is 47.5 Å². The lowest BCUT2D eigenvalue weighted by atomic mass is 10.0. The van der Waals surface area contributed by atoms with Crippen LogP contribution in [0.3, 0.4) is 0 Å². The number of hydrogen-bond donors (Lipinski definition) is 0. The van der Waals surface area contributed by atoms with Crippen LogP contribution in [0.15, 0.2) is 65.8 Å². The van der Waals surface area contributed by atoms with E-state index in [1.54, 1.807) is 37.6 Å². The van der Waals surface area contributed by atoms with E-state index in [1.807, 2.05) is 12.1 Å². The average Bonchev–Trinajstić information content (AvgIpc) is 2.78. The van der Waals surface area contributed by atoms with E-state index in [-0.39, 0.29) is 10.5 Å². The molecule has 0 amide bonds. The van der Waals surface area contributed by atoms with Crippen molar-refractivity contribution in [2.45, 2.75) is 6.42 Å². The summed E-state index contributed by atoms with van der Waals surface area (Å²) >= 11 is -1.78. The quantitative estimate of drug-likeness (QED) is 0.343. The van der Waals surface area contributed by atoms with Gasteiger partial charge in [-0.3, -0.25) is 9.78 Å². The lowest BCUT2D eigenvalue weighted by Gasteiger charge is -2.29. The molecule has 0 saturated heterocycles. The van der Waals surface area contributed by atoms with Crippen LogP contribution in [0.2, 0.25) is 0 Å². The first-order valence-corrected chi connectivity index (χ1v) is 10.4. The fraction of sp³-hybridized carbons (Fsp3) is 0.0833. The largest absolute Gasteiger partial charge is 0.588 e. The van der Waals surface area contributed by atoms with Gasteiger partial charge in [-0.2, -0.15) is 4.31 Å². The normalized spacial score (nSPS) is 16.6. The highest BCUT2D eigenvalue weighted by atomic mass is 32.2. The van der Waals surface area contributed by atoms with Crippen molar-refractivity contribution in [2.75, 3.05) is 11.4 Å². The minimum Gasteiger partial charge on any atom is -0.588 e. The number of nitrogens with zero attached hydrogens (tertiary/aromatic N) is 2. The fourth-order valence-electron chi connectivity index (χ4n) is 3.14. The monoisotopic (exact) mass is 434 g/mol. The molecule has 0 aliphatic carbocycles. The van der Waals surface area contributed by atoms with Crippen LogP contribution in [0.4, 0.5) is 14.5 Å². The Morgan fingerprint density at radius 1 is 1.16 bits per heavy atom. The summed E-state index contributed by atoms with van der Waals surface area (Å²) in [5, 5.41) is 0. The molecule has 1 aliphatic rings. The highest BCUT2D eigenvalue weighted by molar-refractivity contribution is 7.97. The van der Waals surface area contributed by atoms with Gasteiger partial charge >= 0.3 is 0 Å². The molecule has 0 spiro atoms. The first-order chi connectivity index (χ1) is 14.9. The van der Waals surface area contributed by atoms with Gasteiger partial charge in [0.25, 0.3) is 0 Å². The molecule has 0 radical (unpaired) electrons. The van der Waals surface area contributed by atoms with Crippen molar-refractivity contribution in [2.24, 2.45) is 0 Å². The molecule has 2 heterocycles. The van der Waals surface area contributed by atoms with Gasteiger partial charge in [0.05, 0.1) is 18.3 Å². The summed E-state index contributed by atoms with van der Waals surface area (Å²) in [5.41, 5.74) is 2.74. The number of Topliss-reactive ketones (excluding diaryl/α,β-unsaturated/α-hetero) is 1. The molecule has 7 heteroatoms. The van der Waals surface area contributed by atoms with Gasteiger partial charge in [0, 0.05) is 30.5 Å². The number of fused-ring (bicyclic) bond motifs is 1. The Labute approximate surface area is 181 Å². The second-order valence-electron chi connectivity index (χ2n) is 6.83. The highest BCUT2D eigenvalue weighted by Crippen LogP contribution is 2.35. The first kappa shape index (κ1) is 20.8. The third-order valence-corrected chi connectivity index (χ3v) is 6.10. The summed E-state index contributed by atoms with van der Waals surface area (Å²) in [6, 6.07) is 12.1. The van der Waals surface area contributed by atoms with E-state index < -0.39 is 28.8 Å². The number of carbonyl (C=O) groups is 1. The lowest BCUT2D eigenvalue weighted by molar-refractivity contribution is 0.104. The minimum atomic E-state index is -1.78. The second-order valence-corrected chi connectivity index (χ2v) is 8.32. The molecule has 4 nitrogen and oxygen atoms in total. The number of aromatic nitrogens is 1. The van der Waals surface area contributed by atoms with Crippen molar-refractivity contribution in [3.05, 3.63) is 99.7 Å². The van der Waals surface area contributed by atoms with Crippen LogP contribution in [-0.4, -0.2) is 22.4 Å². The Hall–Kier alpha value is -3.47. The predicted octanol–water partition coefficient (Wildman–Crippen LogP) is 4.29. The molecule has 1 atom stereocenters. The van der Waals surface area contributed by atoms with Crippen LogP contribution in [0.5, 0.6) is 0 Å². The van der Waals surface area contributed by atoms with Crippen LogP contribution >= 0.6 is 0 Å². The van der Waals surface area contributed by atoms with Crippen LogP contribution in [0, 0.1) is 23.5 Å². The average molecular weight is 434 g/mol. The van der Waals surface area contributed by atoms with Gasteiger partial charge in [0.1, 0.15) is 11.4 Å². The van der Waals surface area contributed by atoms with E-state index in [9.17, 15) is 18.1 Å². The molecule has 0 bridgehead atoms. The molecule has 0 saturated carbocycles. The van der Waals surface area contributed by atoms with E-state index in [2.05, 4.69) is 16.8 Å². The van der Waals surface area contributed by atoms with Crippen molar-refractivity contribution in [1.29, 1.82) is 0 Å².